The minimum atomic E-state index is 0. The Bertz CT molecular complexity index is 15.0. The Kier molecular flexibility index (Phi) is 111. The van der Waals surface area contributed by atoms with Gasteiger partial charge >= 0.3 is 32.7 Å². The van der Waals surface area contributed by atoms with E-state index in [1.54, 1.807) is 6.92 Å². The minimum Gasteiger partial charge on any atom is -0.542 e. The molecule has 0 radical (unpaired) electrons. The van der Waals surface area contributed by atoms with Gasteiger partial charge < -0.3 is 11.7 Å². The Labute approximate surface area is 64.4 Å². The quantitative estimate of drug-likeness (QED) is 0.483. The second-order valence-electron chi connectivity index (χ2n) is 0.204. The van der Waals surface area contributed by atoms with Gasteiger partial charge in [0.25, 0.3) is 0 Å². The van der Waals surface area contributed by atoms with Gasteiger partial charge in [-0.1, -0.05) is 0 Å². The number of hydrogen-bond acceptors (Lipinski definition) is 1. The van der Waals surface area contributed by atoms with E-state index in [0.717, 1.165) is 0 Å². The van der Waals surface area contributed by atoms with Gasteiger partial charge in [0.15, 0.2) is 0 Å². The number of rotatable bonds is 0. The van der Waals surface area contributed by atoms with E-state index < -0.39 is 0 Å². The Hall–Kier alpha value is 0.774. The standard InChI is InChI=1S/C2H3O.C2H5.Y/c1-2-3;1-2;/h1H3;1H2,2H3;/q2*-1;+3. The van der Waals surface area contributed by atoms with E-state index in [2.05, 4.69) is 6.92 Å². The maximum absolute atomic E-state index is 8.68. The average molecular weight is 161 g/mol. The third-order valence-corrected chi connectivity index (χ3v) is 0. The summed E-state index contributed by atoms with van der Waals surface area (Å²) >= 11 is 0. The molecule has 0 saturated carbocycles. The zero-order chi connectivity index (χ0) is 4.71. The molecule has 0 aromatic carbocycles. The molecule has 0 aliphatic carbocycles. The van der Waals surface area contributed by atoms with Crippen molar-refractivity contribution in [1.29, 1.82) is 0 Å². The molecule has 0 fully saturated rings. The first-order valence-electron chi connectivity index (χ1n) is 1.41. The van der Waals surface area contributed by atoms with Gasteiger partial charge in [0.1, 0.15) is 0 Å². The van der Waals surface area contributed by atoms with E-state index >= 15 is 0 Å². The first-order chi connectivity index (χ1) is 2.41. The molecule has 0 bridgehead atoms. The van der Waals surface area contributed by atoms with Crippen LogP contribution in [0.1, 0.15) is 13.8 Å². The van der Waals surface area contributed by atoms with Crippen molar-refractivity contribution in [1.82, 2.24) is 0 Å². The van der Waals surface area contributed by atoms with Crippen molar-refractivity contribution in [2.45, 2.75) is 13.8 Å². The molecular formula is C4H8OY+. The molecular weight excluding hydrogens is 153 g/mol. The monoisotopic (exact) mass is 161 g/mol. The molecule has 0 N–H and O–H groups in total. The van der Waals surface area contributed by atoms with Crippen molar-refractivity contribution < 1.29 is 37.5 Å². The van der Waals surface area contributed by atoms with E-state index in [1.807, 2.05) is 0 Å². The van der Waals surface area contributed by atoms with Gasteiger partial charge in [-0.3, -0.25) is 6.29 Å². The van der Waals surface area contributed by atoms with Gasteiger partial charge in [-0.15, -0.1) is 0 Å². The van der Waals surface area contributed by atoms with Crippen molar-refractivity contribution in [3.63, 3.8) is 0 Å². The summed E-state index contributed by atoms with van der Waals surface area (Å²) in [5, 5.41) is 0. The molecule has 0 unspecified atom stereocenters. The Morgan fingerprint density at radius 2 is 1.50 bits per heavy atom. The average Bonchev–Trinajstić information content (AvgIpc) is 1.46. The normalized spacial score (nSPS) is 3.17. The maximum Gasteiger partial charge on any atom is 3.00 e. The van der Waals surface area contributed by atoms with Crippen LogP contribution < -0.4 is 0 Å². The van der Waals surface area contributed by atoms with Crippen molar-refractivity contribution in [2.75, 3.05) is 0 Å². The Morgan fingerprint density at radius 3 is 1.50 bits per heavy atom. The molecule has 0 heterocycles. The predicted molar refractivity (Wildman–Crippen MR) is 22.4 cm³/mol. The Balaban J connectivity index is -0.0000000275. The van der Waals surface area contributed by atoms with Gasteiger partial charge in [-0.25, -0.2) is 0 Å². The first kappa shape index (κ1) is 15.9. The van der Waals surface area contributed by atoms with Crippen LogP contribution in [0.5, 0.6) is 0 Å². The van der Waals surface area contributed by atoms with Crippen molar-refractivity contribution >= 4 is 6.29 Å². The SMILES string of the molecule is C[C-]=O.[CH2-]C.[Y+3]. The predicted octanol–water partition coefficient (Wildman–Crippen LogP) is 0.954. The summed E-state index contributed by atoms with van der Waals surface area (Å²) < 4.78 is 0. The smallest absolute Gasteiger partial charge is 0.542 e. The molecule has 0 saturated heterocycles. The first-order valence-corrected chi connectivity index (χ1v) is 1.41. The molecule has 0 aromatic rings. The summed E-state index contributed by atoms with van der Waals surface area (Å²) in [6.45, 7) is 6.32. The summed E-state index contributed by atoms with van der Waals surface area (Å²) in [6, 6.07) is 0. The molecule has 0 aromatic heterocycles. The molecule has 2 heteroatoms. The molecule has 0 rings (SSSR count). The van der Waals surface area contributed by atoms with Crippen LogP contribution in [0.3, 0.4) is 0 Å². The van der Waals surface area contributed by atoms with Crippen molar-refractivity contribution in [3.05, 3.63) is 6.92 Å². The zero-order valence-corrected chi connectivity index (χ0v) is 7.03. The summed E-state index contributed by atoms with van der Waals surface area (Å²) in [5.74, 6) is 0. The van der Waals surface area contributed by atoms with Gasteiger partial charge in [-0.05, 0) is 0 Å². The summed E-state index contributed by atoms with van der Waals surface area (Å²) in [6.07, 6.45) is 1.50. The van der Waals surface area contributed by atoms with Crippen LogP contribution in [0.4, 0.5) is 0 Å². The molecule has 0 amide bonds. The third kappa shape index (κ3) is 114. The van der Waals surface area contributed by atoms with Gasteiger partial charge in [0.05, 0.1) is 0 Å². The van der Waals surface area contributed by atoms with Crippen LogP contribution >= 0.6 is 0 Å². The van der Waals surface area contributed by atoms with Gasteiger partial charge in [0.2, 0.25) is 0 Å². The van der Waals surface area contributed by atoms with Crippen molar-refractivity contribution in [3.8, 4) is 0 Å². The largest absolute Gasteiger partial charge is 3.00 e. The van der Waals surface area contributed by atoms with Crippen LogP contribution in [-0.2, 0) is 37.5 Å². The molecule has 1 nitrogen and oxygen atoms in total. The van der Waals surface area contributed by atoms with E-state index in [0.29, 0.717) is 0 Å². The molecule has 0 atom stereocenters. The van der Waals surface area contributed by atoms with Gasteiger partial charge in [-0.2, -0.15) is 13.8 Å². The fraction of sp³-hybridized carbons (Fsp3) is 0.500. The van der Waals surface area contributed by atoms with E-state index in [1.165, 1.54) is 13.2 Å². The minimum absolute atomic E-state index is 0. The summed E-state index contributed by atoms with van der Waals surface area (Å²) in [7, 11) is 0. The fourth-order valence-corrected chi connectivity index (χ4v) is 0. The Morgan fingerprint density at radius 1 is 1.50 bits per heavy atom. The van der Waals surface area contributed by atoms with Crippen molar-refractivity contribution in [2.24, 2.45) is 0 Å². The van der Waals surface area contributed by atoms with Crippen LogP contribution in [0, 0.1) is 6.92 Å². The fourth-order valence-electron chi connectivity index (χ4n) is 0. The zero-order valence-electron chi connectivity index (χ0n) is 4.19. The molecule has 6 heavy (non-hydrogen) atoms. The molecule has 0 aliphatic heterocycles. The number of carbonyl (C=O) groups excluding carboxylic acids is 1. The maximum atomic E-state index is 8.68. The summed E-state index contributed by atoms with van der Waals surface area (Å²) in [4.78, 5) is 8.68. The molecule has 0 spiro atoms. The third-order valence-electron chi connectivity index (χ3n) is 0. The topological polar surface area (TPSA) is 17.1 Å². The van der Waals surface area contributed by atoms with Crippen LogP contribution in [0.2, 0.25) is 0 Å². The van der Waals surface area contributed by atoms with Gasteiger partial charge in [0, 0.05) is 0 Å². The van der Waals surface area contributed by atoms with E-state index in [-0.39, 0.29) is 32.7 Å². The van der Waals surface area contributed by atoms with Crippen LogP contribution in [-0.4, -0.2) is 6.29 Å². The molecule has 0 aliphatic rings. The van der Waals surface area contributed by atoms with Crippen LogP contribution in [0.15, 0.2) is 0 Å². The summed E-state index contributed by atoms with van der Waals surface area (Å²) in [5.41, 5.74) is 0. The molecule has 32 valence electrons. The number of hydrogen-bond donors (Lipinski definition) is 0. The second kappa shape index (κ2) is 41.8. The second-order valence-corrected chi connectivity index (χ2v) is 0.204. The van der Waals surface area contributed by atoms with Crippen LogP contribution in [0.25, 0.3) is 0 Å². The van der Waals surface area contributed by atoms with E-state index in [4.69, 9.17) is 4.79 Å². The van der Waals surface area contributed by atoms with E-state index in [9.17, 15) is 0 Å².